The molecule has 1 fully saturated rings. The van der Waals surface area contributed by atoms with E-state index in [0.29, 0.717) is 5.92 Å². The number of aromatic nitrogens is 2. The third-order valence-electron chi connectivity index (χ3n) is 5.30. The van der Waals surface area contributed by atoms with Crippen LogP contribution in [0, 0.1) is 11.8 Å². The van der Waals surface area contributed by atoms with Gasteiger partial charge in [-0.25, -0.2) is 0 Å². The first-order chi connectivity index (χ1) is 11.4. The van der Waals surface area contributed by atoms with Gasteiger partial charge >= 0.3 is 0 Å². The highest BCUT2D eigenvalue weighted by Gasteiger charge is 2.38. The molecule has 3 rings (SSSR count). The van der Waals surface area contributed by atoms with Crippen molar-refractivity contribution in [1.29, 1.82) is 0 Å². The smallest absolute Gasteiger partial charge is 0.0940 e. The minimum atomic E-state index is -0.259. The molecule has 0 saturated heterocycles. The van der Waals surface area contributed by atoms with Crippen molar-refractivity contribution in [2.45, 2.75) is 31.7 Å². The van der Waals surface area contributed by atoms with E-state index in [1.54, 1.807) is 0 Å². The quantitative estimate of drug-likeness (QED) is 0.721. The maximum Gasteiger partial charge on any atom is 0.0940 e. The Balaban J connectivity index is 2.01. The van der Waals surface area contributed by atoms with E-state index in [4.69, 9.17) is 0 Å². The van der Waals surface area contributed by atoms with Crippen molar-refractivity contribution >= 4 is 10.9 Å². The van der Waals surface area contributed by atoms with Gasteiger partial charge in [-0.05, 0) is 30.9 Å². The molecule has 2 aromatic rings. The second kappa shape index (κ2) is 6.34. The first-order valence-electron chi connectivity index (χ1n) is 8.64. The largest absolute Gasteiger partial charge is 0.365 e. The number of hydrogen-bond acceptors (Lipinski definition) is 3. The Morgan fingerprint density at radius 2 is 2.25 bits per heavy atom. The molecule has 1 unspecified atom stereocenters. The zero-order valence-corrected chi connectivity index (χ0v) is 15.0. The van der Waals surface area contributed by atoms with Crippen molar-refractivity contribution in [1.82, 2.24) is 20.4 Å². The molecule has 24 heavy (non-hydrogen) atoms. The monoisotopic (exact) mass is 324 g/mol. The lowest BCUT2D eigenvalue weighted by Gasteiger charge is -2.40. The molecule has 1 heterocycles. The van der Waals surface area contributed by atoms with Gasteiger partial charge in [0.15, 0.2) is 0 Å². The van der Waals surface area contributed by atoms with E-state index in [1.165, 1.54) is 18.4 Å². The van der Waals surface area contributed by atoms with E-state index in [9.17, 15) is 0 Å². The second-order valence-corrected chi connectivity index (χ2v) is 7.36. The van der Waals surface area contributed by atoms with Gasteiger partial charge < -0.3 is 10.2 Å². The molecular formula is C20H28N4. The zero-order valence-electron chi connectivity index (χ0n) is 15.0. The molecule has 2 N–H and O–H groups in total. The van der Waals surface area contributed by atoms with E-state index >= 15 is 0 Å². The number of fused-ring (bicyclic) bond motifs is 1. The molecule has 0 radical (unpaired) electrons. The molecule has 0 amide bonds. The summed E-state index contributed by atoms with van der Waals surface area (Å²) in [5.74, 6) is 2.07. The minimum absolute atomic E-state index is 0.259. The van der Waals surface area contributed by atoms with Gasteiger partial charge in [-0.15, -0.1) is 6.58 Å². The lowest BCUT2D eigenvalue weighted by molar-refractivity contribution is 0.250. The summed E-state index contributed by atoms with van der Waals surface area (Å²) in [6.45, 7) is 10.6. The van der Waals surface area contributed by atoms with Crippen molar-refractivity contribution in [3.05, 3.63) is 55.0 Å². The van der Waals surface area contributed by atoms with Crippen LogP contribution in [0.1, 0.15) is 31.7 Å². The summed E-state index contributed by atoms with van der Waals surface area (Å²) in [4.78, 5) is 2.02. The molecule has 1 aromatic heterocycles. The van der Waals surface area contributed by atoms with Crippen molar-refractivity contribution in [2.24, 2.45) is 11.8 Å². The fourth-order valence-corrected chi connectivity index (χ4v) is 3.33. The first-order valence-corrected chi connectivity index (χ1v) is 8.64. The number of aromatic amines is 1. The third-order valence-corrected chi connectivity index (χ3v) is 5.30. The lowest BCUT2D eigenvalue weighted by atomic mass is 9.76. The van der Waals surface area contributed by atoms with Gasteiger partial charge in [0.1, 0.15) is 0 Å². The summed E-state index contributed by atoms with van der Waals surface area (Å²) in [5, 5.41) is 12.0. The third kappa shape index (κ3) is 3.18. The number of benzene rings is 1. The fourth-order valence-electron chi connectivity index (χ4n) is 3.33. The average Bonchev–Trinajstić information content (AvgIpc) is 3.25. The van der Waals surface area contributed by atoms with Crippen LogP contribution in [0.15, 0.2) is 49.5 Å². The predicted molar refractivity (Wildman–Crippen MR) is 100 cm³/mol. The molecule has 0 aliphatic heterocycles. The molecular weight excluding hydrogens is 296 g/mol. The SMILES string of the molecule is C=CC(CC1CC1)[C@](C)(NC(=C)N(C)C)c1ccc2cn[nH]c2c1. The van der Waals surface area contributed by atoms with E-state index < -0.39 is 0 Å². The lowest BCUT2D eigenvalue weighted by Crippen LogP contribution is -2.47. The molecule has 4 heteroatoms. The van der Waals surface area contributed by atoms with Gasteiger partial charge in [-0.3, -0.25) is 5.10 Å². The van der Waals surface area contributed by atoms with Gasteiger partial charge in [0, 0.05) is 25.4 Å². The summed E-state index contributed by atoms with van der Waals surface area (Å²) in [6.07, 6.45) is 7.81. The molecule has 1 aliphatic carbocycles. The molecule has 1 aromatic carbocycles. The zero-order chi connectivity index (χ0) is 17.3. The van der Waals surface area contributed by atoms with E-state index in [0.717, 1.165) is 29.1 Å². The van der Waals surface area contributed by atoms with Crippen molar-refractivity contribution in [3.8, 4) is 0 Å². The van der Waals surface area contributed by atoms with E-state index in [1.807, 2.05) is 25.2 Å². The normalized spacial score (nSPS) is 18.0. The Morgan fingerprint density at radius 3 is 2.88 bits per heavy atom. The number of H-pyrrole nitrogens is 1. The van der Waals surface area contributed by atoms with Crippen LogP contribution in [0.3, 0.4) is 0 Å². The number of hydrogen-bond donors (Lipinski definition) is 2. The summed E-state index contributed by atoms with van der Waals surface area (Å²) in [7, 11) is 4.02. The summed E-state index contributed by atoms with van der Waals surface area (Å²) in [6, 6.07) is 6.52. The van der Waals surface area contributed by atoms with Gasteiger partial charge in [-0.1, -0.05) is 37.6 Å². The minimum Gasteiger partial charge on any atom is -0.365 e. The maximum absolute atomic E-state index is 4.19. The Morgan fingerprint density at radius 1 is 1.50 bits per heavy atom. The number of rotatable bonds is 8. The van der Waals surface area contributed by atoms with Crippen LogP contribution in [0.4, 0.5) is 0 Å². The molecule has 4 nitrogen and oxygen atoms in total. The van der Waals surface area contributed by atoms with Crippen LogP contribution in [-0.4, -0.2) is 29.2 Å². The van der Waals surface area contributed by atoms with Gasteiger partial charge in [0.25, 0.3) is 0 Å². The van der Waals surface area contributed by atoms with E-state index in [2.05, 4.69) is 59.9 Å². The Hall–Kier alpha value is -2.23. The molecule has 2 atom stereocenters. The van der Waals surface area contributed by atoms with Crippen LogP contribution in [0.2, 0.25) is 0 Å². The predicted octanol–water partition coefficient (Wildman–Crippen LogP) is 4.00. The molecule has 128 valence electrons. The van der Waals surface area contributed by atoms with Gasteiger partial charge in [-0.2, -0.15) is 5.10 Å². The van der Waals surface area contributed by atoms with Crippen LogP contribution >= 0.6 is 0 Å². The van der Waals surface area contributed by atoms with Crippen LogP contribution in [0.5, 0.6) is 0 Å². The van der Waals surface area contributed by atoms with E-state index in [-0.39, 0.29) is 5.54 Å². The standard InChI is InChI=1S/C20H28N4/c1-6-17(11-15-7-8-15)20(3,22-14(2)24(4)5)18-10-9-16-13-21-23-19(16)12-18/h6,9-10,12-13,15,17,22H,1-2,7-8,11H2,3-5H3,(H,21,23)/t17?,20-/m0/s1. The molecule has 0 bridgehead atoms. The summed E-state index contributed by atoms with van der Waals surface area (Å²) in [5.41, 5.74) is 2.03. The summed E-state index contributed by atoms with van der Waals surface area (Å²) >= 11 is 0. The molecule has 0 spiro atoms. The van der Waals surface area contributed by atoms with Crippen LogP contribution in [0.25, 0.3) is 10.9 Å². The van der Waals surface area contributed by atoms with Crippen LogP contribution in [-0.2, 0) is 5.54 Å². The van der Waals surface area contributed by atoms with Crippen LogP contribution < -0.4 is 5.32 Å². The summed E-state index contributed by atoms with van der Waals surface area (Å²) < 4.78 is 0. The molecule has 1 aliphatic rings. The maximum atomic E-state index is 4.19. The van der Waals surface area contributed by atoms with Crippen molar-refractivity contribution < 1.29 is 0 Å². The van der Waals surface area contributed by atoms with Gasteiger partial charge in [0.05, 0.1) is 23.1 Å². The average molecular weight is 324 g/mol. The Bertz CT molecular complexity index is 741. The highest BCUT2D eigenvalue weighted by Crippen LogP contribution is 2.43. The highest BCUT2D eigenvalue weighted by atomic mass is 15.2. The van der Waals surface area contributed by atoms with Crippen molar-refractivity contribution in [3.63, 3.8) is 0 Å². The number of nitrogens with zero attached hydrogens (tertiary/aromatic N) is 2. The van der Waals surface area contributed by atoms with Gasteiger partial charge in [0.2, 0.25) is 0 Å². The topological polar surface area (TPSA) is 44.0 Å². The Kier molecular flexibility index (Phi) is 4.39. The highest BCUT2D eigenvalue weighted by molar-refractivity contribution is 5.78. The second-order valence-electron chi connectivity index (χ2n) is 7.36. The molecule has 1 saturated carbocycles. The van der Waals surface area contributed by atoms with Crippen molar-refractivity contribution in [2.75, 3.05) is 14.1 Å². The first kappa shape index (κ1) is 16.6. The Labute approximate surface area is 144 Å². The fraction of sp³-hybridized carbons (Fsp3) is 0.450. The number of nitrogens with one attached hydrogen (secondary N) is 2.